The number of amides is 1. The molecule has 9 heteroatoms. The van der Waals surface area contributed by atoms with Gasteiger partial charge in [-0.3, -0.25) is 14.0 Å². The van der Waals surface area contributed by atoms with Crippen molar-refractivity contribution in [3.63, 3.8) is 0 Å². The van der Waals surface area contributed by atoms with Crippen molar-refractivity contribution in [3.05, 3.63) is 24.3 Å². The zero-order valence-electron chi connectivity index (χ0n) is 16.9. The molecule has 1 aliphatic rings. The van der Waals surface area contributed by atoms with Crippen molar-refractivity contribution < 1.29 is 22.7 Å². The normalized spacial score (nSPS) is 16.4. The van der Waals surface area contributed by atoms with E-state index in [0.717, 1.165) is 45.5 Å². The third-order valence-electron chi connectivity index (χ3n) is 4.71. The molecular weight excluding hydrogens is 382 g/mol. The van der Waals surface area contributed by atoms with E-state index in [0.29, 0.717) is 24.4 Å². The smallest absolute Gasteiger partial charge is 0.243 e. The predicted molar refractivity (Wildman–Crippen MR) is 109 cm³/mol. The average molecular weight is 414 g/mol. The highest BCUT2D eigenvalue weighted by molar-refractivity contribution is 7.92. The van der Waals surface area contributed by atoms with Crippen LogP contribution in [0.5, 0.6) is 5.75 Å². The van der Waals surface area contributed by atoms with Crippen LogP contribution in [-0.2, 0) is 19.6 Å². The fourth-order valence-corrected chi connectivity index (χ4v) is 4.46. The van der Waals surface area contributed by atoms with Gasteiger partial charge in [-0.2, -0.15) is 0 Å². The average Bonchev–Trinajstić information content (AvgIpc) is 2.69. The van der Waals surface area contributed by atoms with Gasteiger partial charge < -0.3 is 14.8 Å². The zero-order chi connectivity index (χ0) is 20.6. The summed E-state index contributed by atoms with van der Waals surface area (Å²) in [5.41, 5.74) is 0.443. The lowest BCUT2D eigenvalue weighted by Crippen LogP contribution is -2.49. The van der Waals surface area contributed by atoms with Crippen molar-refractivity contribution in [2.75, 3.05) is 57.1 Å². The minimum Gasteiger partial charge on any atom is -0.497 e. The predicted octanol–water partition coefficient (Wildman–Crippen LogP) is 1.08. The number of methoxy groups -OCH3 is 1. The maximum absolute atomic E-state index is 12.7. The molecule has 0 spiro atoms. The van der Waals surface area contributed by atoms with Crippen LogP contribution < -0.4 is 14.4 Å². The minimum absolute atomic E-state index is 0.286. The van der Waals surface area contributed by atoms with Crippen LogP contribution in [0.1, 0.15) is 19.8 Å². The Hall–Kier alpha value is -1.84. The summed E-state index contributed by atoms with van der Waals surface area (Å²) < 4.78 is 36.5. The monoisotopic (exact) mass is 413 g/mol. The molecule has 2 rings (SSSR count). The van der Waals surface area contributed by atoms with Crippen LogP contribution in [0.25, 0.3) is 0 Å². The molecule has 1 aromatic rings. The molecule has 0 saturated carbocycles. The van der Waals surface area contributed by atoms with Gasteiger partial charge in [0.2, 0.25) is 15.9 Å². The van der Waals surface area contributed by atoms with Gasteiger partial charge in [0.05, 0.1) is 32.3 Å². The molecule has 1 aromatic carbocycles. The van der Waals surface area contributed by atoms with E-state index >= 15 is 0 Å². The van der Waals surface area contributed by atoms with Gasteiger partial charge in [0.1, 0.15) is 11.8 Å². The van der Waals surface area contributed by atoms with Crippen molar-refractivity contribution >= 4 is 21.6 Å². The van der Waals surface area contributed by atoms with Crippen molar-refractivity contribution in [1.29, 1.82) is 0 Å². The van der Waals surface area contributed by atoms with Crippen molar-refractivity contribution in [3.8, 4) is 5.75 Å². The molecular formula is C19H31N3O5S. The molecule has 0 bridgehead atoms. The summed E-state index contributed by atoms with van der Waals surface area (Å²) >= 11 is 0. The molecule has 0 aliphatic carbocycles. The van der Waals surface area contributed by atoms with Crippen molar-refractivity contribution in [2.24, 2.45) is 0 Å². The molecule has 0 unspecified atom stereocenters. The number of nitrogens with zero attached hydrogens (tertiary/aromatic N) is 2. The van der Waals surface area contributed by atoms with Crippen LogP contribution in [0.3, 0.4) is 0 Å². The number of sulfonamides is 1. The Kier molecular flexibility index (Phi) is 8.53. The summed E-state index contributed by atoms with van der Waals surface area (Å²) in [5, 5.41) is 2.89. The summed E-state index contributed by atoms with van der Waals surface area (Å²) in [6.45, 7) is 6.50. The number of morpholine rings is 1. The number of hydrogen-bond donors (Lipinski definition) is 1. The molecule has 28 heavy (non-hydrogen) atoms. The Balaban J connectivity index is 2.00. The number of benzene rings is 1. The maximum atomic E-state index is 12.7. The molecule has 0 radical (unpaired) electrons. The molecule has 1 atom stereocenters. The SMILES string of the molecule is CC[C@H](C(=O)NCCCN1CCOCC1)N(c1ccc(OC)cc1)S(C)(=O)=O. The van der Waals surface area contributed by atoms with Crippen LogP contribution in [0.2, 0.25) is 0 Å². The van der Waals surface area contributed by atoms with Gasteiger partial charge in [-0.05, 0) is 43.7 Å². The second kappa shape index (κ2) is 10.6. The lowest BCUT2D eigenvalue weighted by atomic mass is 10.2. The second-order valence-electron chi connectivity index (χ2n) is 6.78. The van der Waals surface area contributed by atoms with Crippen LogP contribution in [0, 0.1) is 0 Å². The lowest BCUT2D eigenvalue weighted by molar-refractivity contribution is -0.122. The van der Waals surface area contributed by atoms with Gasteiger partial charge in [-0.25, -0.2) is 8.42 Å². The standard InChI is InChI=1S/C19H31N3O5S/c1-4-18(19(23)20-10-5-11-21-12-14-27-15-13-21)22(28(3,24)25)16-6-8-17(26-2)9-7-16/h6-9,18H,4-5,10-15H2,1-3H3,(H,20,23)/t18-/m1/s1. The van der Waals surface area contributed by atoms with Crippen LogP contribution in [0.15, 0.2) is 24.3 Å². The number of carbonyl (C=O) groups excluding carboxylic acids is 1. The summed E-state index contributed by atoms with van der Waals surface area (Å²) in [5.74, 6) is 0.337. The molecule has 1 N–H and O–H groups in total. The first-order chi connectivity index (χ1) is 13.4. The molecule has 0 aromatic heterocycles. The number of nitrogens with one attached hydrogen (secondary N) is 1. The molecule has 1 aliphatic heterocycles. The highest BCUT2D eigenvalue weighted by Gasteiger charge is 2.31. The van der Waals surface area contributed by atoms with Crippen LogP contribution in [0.4, 0.5) is 5.69 Å². The molecule has 1 fully saturated rings. The van der Waals surface area contributed by atoms with Crippen LogP contribution >= 0.6 is 0 Å². The number of rotatable bonds is 10. The maximum Gasteiger partial charge on any atom is 0.243 e. The summed E-state index contributed by atoms with van der Waals surface area (Å²) in [7, 11) is -2.09. The Morgan fingerprint density at radius 1 is 1.29 bits per heavy atom. The van der Waals surface area contributed by atoms with Crippen molar-refractivity contribution in [1.82, 2.24) is 10.2 Å². The van der Waals surface area contributed by atoms with Gasteiger partial charge in [0.15, 0.2) is 0 Å². The van der Waals surface area contributed by atoms with Gasteiger partial charge in [-0.15, -0.1) is 0 Å². The highest BCUT2D eigenvalue weighted by atomic mass is 32.2. The number of ether oxygens (including phenoxy) is 2. The first kappa shape index (κ1) is 22.4. The molecule has 1 saturated heterocycles. The van der Waals surface area contributed by atoms with Crippen LogP contribution in [-0.4, -0.2) is 78.0 Å². The Morgan fingerprint density at radius 2 is 1.93 bits per heavy atom. The van der Waals surface area contributed by atoms with E-state index in [-0.39, 0.29) is 5.91 Å². The Morgan fingerprint density at radius 3 is 2.46 bits per heavy atom. The van der Waals surface area contributed by atoms with Crippen molar-refractivity contribution in [2.45, 2.75) is 25.8 Å². The lowest BCUT2D eigenvalue weighted by Gasteiger charge is -2.30. The first-order valence-electron chi connectivity index (χ1n) is 9.58. The number of anilines is 1. The second-order valence-corrected chi connectivity index (χ2v) is 8.64. The Bertz CT molecular complexity index is 718. The quantitative estimate of drug-likeness (QED) is 0.578. The molecule has 1 heterocycles. The minimum atomic E-state index is -3.63. The fourth-order valence-electron chi connectivity index (χ4n) is 3.25. The van der Waals surface area contributed by atoms with E-state index in [1.165, 1.54) is 4.31 Å². The third kappa shape index (κ3) is 6.35. The summed E-state index contributed by atoms with van der Waals surface area (Å²) in [6.07, 6.45) is 2.30. The third-order valence-corrected chi connectivity index (χ3v) is 5.89. The van der Waals surface area contributed by atoms with E-state index in [1.807, 2.05) is 0 Å². The number of carbonyl (C=O) groups is 1. The number of hydrogen-bond acceptors (Lipinski definition) is 6. The highest BCUT2D eigenvalue weighted by Crippen LogP contribution is 2.25. The van der Waals surface area contributed by atoms with E-state index in [9.17, 15) is 13.2 Å². The van der Waals surface area contributed by atoms with E-state index in [1.54, 1.807) is 38.3 Å². The van der Waals surface area contributed by atoms with E-state index in [4.69, 9.17) is 9.47 Å². The molecule has 1 amide bonds. The topological polar surface area (TPSA) is 88.2 Å². The Labute approximate surface area is 167 Å². The van der Waals surface area contributed by atoms with E-state index in [2.05, 4.69) is 10.2 Å². The first-order valence-corrected chi connectivity index (χ1v) is 11.4. The zero-order valence-corrected chi connectivity index (χ0v) is 17.7. The van der Waals surface area contributed by atoms with E-state index < -0.39 is 16.1 Å². The molecule has 158 valence electrons. The summed E-state index contributed by atoms with van der Waals surface area (Å²) in [6, 6.07) is 5.86. The van der Waals surface area contributed by atoms with Gasteiger partial charge >= 0.3 is 0 Å². The fraction of sp³-hybridized carbons (Fsp3) is 0.632. The van der Waals surface area contributed by atoms with Gasteiger partial charge in [-0.1, -0.05) is 6.92 Å². The van der Waals surface area contributed by atoms with Gasteiger partial charge in [0.25, 0.3) is 0 Å². The van der Waals surface area contributed by atoms with Gasteiger partial charge in [0, 0.05) is 19.6 Å². The molecule has 8 nitrogen and oxygen atoms in total. The largest absolute Gasteiger partial charge is 0.497 e. The summed E-state index contributed by atoms with van der Waals surface area (Å²) in [4.78, 5) is 15.0.